The van der Waals surface area contributed by atoms with E-state index in [1.54, 1.807) is 0 Å². The Morgan fingerprint density at radius 2 is 1.67 bits per heavy atom. The molecule has 2 aliphatic carbocycles. The van der Waals surface area contributed by atoms with Gasteiger partial charge in [-0.3, -0.25) is 4.90 Å². The molecule has 0 heterocycles. The van der Waals surface area contributed by atoms with Crippen LogP contribution >= 0.6 is 0 Å². The zero-order valence-corrected chi connectivity index (χ0v) is 12.6. The molecule has 1 atom stereocenters. The van der Waals surface area contributed by atoms with Gasteiger partial charge in [0.1, 0.15) is 0 Å². The molecule has 2 saturated carbocycles. The van der Waals surface area contributed by atoms with Gasteiger partial charge in [-0.25, -0.2) is 0 Å². The SMILES string of the molecule is CC(C)N(CC1CC1)C(C)CNC1CCCCC1. The van der Waals surface area contributed by atoms with Gasteiger partial charge in [0.15, 0.2) is 0 Å². The highest BCUT2D eigenvalue weighted by atomic mass is 15.2. The minimum atomic E-state index is 0.688. The highest BCUT2D eigenvalue weighted by molar-refractivity contribution is 4.83. The Balaban J connectivity index is 1.71. The Morgan fingerprint density at radius 1 is 1.00 bits per heavy atom. The summed E-state index contributed by atoms with van der Waals surface area (Å²) in [6.07, 6.45) is 10.0. The van der Waals surface area contributed by atoms with Crippen molar-refractivity contribution in [2.75, 3.05) is 13.1 Å². The van der Waals surface area contributed by atoms with E-state index < -0.39 is 0 Å². The average molecular weight is 252 g/mol. The minimum absolute atomic E-state index is 0.688. The molecule has 0 spiro atoms. The van der Waals surface area contributed by atoms with E-state index in [1.165, 1.54) is 58.0 Å². The normalized spacial score (nSPS) is 23.8. The highest BCUT2D eigenvalue weighted by Gasteiger charge is 2.28. The summed E-state index contributed by atoms with van der Waals surface area (Å²) in [5.74, 6) is 1.00. The van der Waals surface area contributed by atoms with Gasteiger partial charge in [0.25, 0.3) is 0 Å². The molecule has 2 nitrogen and oxygen atoms in total. The molecule has 0 aromatic heterocycles. The van der Waals surface area contributed by atoms with Crippen LogP contribution in [0.15, 0.2) is 0 Å². The molecule has 2 aliphatic rings. The molecule has 2 fully saturated rings. The number of nitrogens with one attached hydrogen (secondary N) is 1. The topological polar surface area (TPSA) is 15.3 Å². The zero-order chi connectivity index (χ0) is 13.0. The lowest BCUT2D eigenvalue weighted by atomic mass is 9.95. The van der Waals surface area contributed by atoms with Gasteiger partial charge in [-0.05, 0) is 52.4 Å². The van der Waals surface area contributed by atoms with Crippen molar-refractivity contribution in [2.45, 2.75) is 83.8 Å². The minimum Gasteiger partial charge on any atom is -0.312 e. The molecule has 1 N–H and O–H groups in total. The summed E-state index contributed by atoms with van der Waals surface area (Å²) in [6.45, 7) is 9.60. The van der Waals surface area contributed by atoms with Crippen LogP contribution in [0.25, 0.3) is 0 Å². The first-order chi connectivity index (χ1) is 8.66. The van der Waals surface area contributed by atoms with Gasteiger partial charge in [-0.2, -0.15) is 0 Å². The van der Waals surface area contributed by atoms with E-state index in [0.29, 0.717) is 12.1 Å². The molecule has 0 aliphatic heterocycles. The van der Waals surface area contributed by atoms with Gasteiger partial charge in [0.2, 0.25) is 0 Å². The highest BCUT2D eigenvalue weighted by Crippen LogP contribution is 2.31. The fourth-order valence-electron chi connectivity index (χ4n) is 3.26. The van der Waals surface area contributed by atoms with Crippen molar-refractivity contribution in [3.8, 4) is 0 Å². The van der Waals surface area contributed by atoms with E-state index in [-0.39, 0.29) is 0 Å². The summed E-state index contributed by atoms with van der Waals surface area (Å²) in [6, 6.07) is 2.18. The van der Waals surface area contributed by atoms with Crippen molar-refractivity contribution in [1.29, 1.82) is 0 Å². The quantitative estimate of drug-likeness (QED) is 0.747. The lowest BCUT2D eigenvalue weighted by Gasteiger charge is -2.34. The van der Waals surface area contributed by atoms with Gasteiger partial charge in [-0.15, -0.1) is 0 Å². The largest absolute Gasteiger partial charge is 0.312 e. The Hall–Kier alpha value is -0.0800. The third-order valence-electron chi connectivity index (χ3n) is 4.70. The lowest BCUT2D eigenvalue weighted by molar-refractivity contribution is 0.149. The van der Waals surface area contributed by atoms with Crippen molar-refractivity contribution in [2.24, 2.45) is 5.92 Å². The monoisotopic (exact) mass is 252 g/mol. The van der Waals surface area contributed by atoms with E-state index in [0.717, 1.165) is 12.0 Å². The second kappa shape index (κ2) is 6.91. The maximum atomic E-state index is 3.81. The standard InChI is InChI=1S/C16H32N2/c1-13(2)18(12-15-9-10-15)14(3)11-17-16-7-5-4-6-8-16/h13-17H,4-12H2,1-3H3. The summed E-state index contributed by atoms with van der Waals surface area (Å²) in [5.41, 5.74) is 0. The fourth-order valence-corrected chi connectivity index (χ4v) is 3.26. The molecular formula is C16H32N2. The summed E-state index contributed by atoms with van der Waals surface area (Å²) >= 11 is 0. The van der Waals surface area contributed by atoms with Crippen LogP contribution in [-0.2, 0) is 0 Å². The molecule has 1 unspecified atom stereocenters. The first kappa shape index (κ1) is 14.3. The predicted octanol–water partition coefficient (Wildman–Crippen LogP) is 3.42. The lowest BCUT2D eigenvalue weighted by Crippen LogP contribution is -2.47. The smallest absolute Gasteiger partial charge is 0.0195 e. The van der Waals surface area contributed by atoms with Crippen molar-refractivity contribution in [3.05, 3.63) is 0 Å². The van der Waals surface area contributed by atoms with Gasteiger partial charge in [0, 0.05) is 31.2 Å². The van der Waals surface area contributed by atoms with Gasteiger partial charge < -0.3 is 5.32 Å². The zero-order valence-electron chi connectivity index (χ0n) is 12.6. The van der Waals surface area contributed by atoms with Crippen LogP contribution in [0.5, 0.6) is 0 Å². The molecule has 106 valence electrons. The van der Waals surface area contributed by atoms with Crippen LogP contribution in [0.4, 0.5) is 0 Å². The van der Waals surface area contributed by atoms with E-state index in [9.17, 15) is 0 Å². The average Bonchev–Trinajstić information content (AvgIpc) is 3.18. The molecule has 0 saturated heterocycles. The van der Waals surface area contributed by atoms with Crippen molar-refractivity contribution in [3.63, 3.8) is 0 Å². The van der Waals surface area contributed by atoms with Crippen molar-refractivity contribution >= 4 is 0 Å². The van der Waals surface area contributed by atoms with Gasteiger partial charge >= 0.3 is 0 Å². The van der Waals surface area contributed by atoms with Crippen LogP contribution < -0.4 is 5.32 Å². The van der Waals surface area contributed by atoms with Crippen molar-refractivity contribution < 1.29 is 0 Å². The van der Waals surface area contributed by atoms with Crippen LogP contribution in [-0.4, -0.2) is 36.1 Å². The van der Waals surface area contributed by atoms with E-state index in [2.05, 4.69) is 31.0 Å². The predicted molar refractivity (Wildman–Crippen MR) is 78.9 cm³/mol. The third kappa shape index (κ3) is 4.55. The number of hydrogen-bond donors (Lipinski definition) is 1. The molecule has 18 heavy (non-hydrogen) atoms. The Morgan fingerprint density at radius 3 is 2.22 bits per heavy atom. The Bertz CT molecular complexity index is 229. The number of nitrogens with zero attached hydrogens (tertiary/aromatic N) is 1. The molecule has 0 bridgehead atoms. The Labute approximate surface area is 114 Å². The number of rotatable bonds is 7. The van der Waals surface area contributed by atoms with Crippen LogP contribution in [0, 0.1) is 5.92 Å². The van der Waals surface area contributed by atoms with Crippen LogP contribution in [0.2, 0.25) is 0 Å². The second-order valence-electron chi connectivity index (χ2n) is 6.83. The summed E-state index contributed by atoms with van der Waals surface area (Å²) < 4.78 is 0. The molecule has 0 amide bonds. The third-order valence-corrected chi connectivity index (χ3v) is 4.70. The maximum Gasteiger partial charge on any atom is 0.0195 e. The molecule has 0 aromatic carbocycles. The summed E-state index contributed by atoms with van der Waals surface area (Å²) in [5, 5.41) is 3.81. The molecular weight excluding hydrogens is 220 g/mol. The molecule has 2 heteroatoms. The Kier molecular flexibility index (Phi) is 5.50. The molecule has 0 aromatic rings. The number of hydrogen-bond acceptors (Lipinski definition) is 2. The molecule has 0 radical (unpaired) electrons. The first-order valence-corrected chi connectivity index (χ1v) is 8.16. The summed E-state index contributed by atoms with van der Waals surface area (Å²) in [7, 11) is 0. The van der Waals surface area contributed by atoms with Crippen molar-refractivity contribution in [1.82, 2.24) is 10.2 Å². The molecule has 2 rings (SSSR count). The van der Waals surface area contributed by atoms with Gasteiger partial charge in [0.05, 0.1) is 0 Å². The van der Waals surface area contributed by atoms with Crippen LogP contribution in [0.1, 0.15) is 65.7 Å². The fraction of sp³-hybridized carbons (Fsp3) is 1.00. The first-order valence-electron chi connectivity index (χ1n) is 8.16. The summed E-state index contributed by atoms with van der Waals surface area (Å²) in [4.78, 5) is 2.70. The van der Waals surface area contributed by atoms with Gasteiger partial charge in [-0.1, -0.05) is 19.3 Å². The maximum absolute atomic E-state index is 3.81. The van der Waals surface area contributed by atoms with E-state index in [1.807, 2.05) is 0 Å². The van der Waals surface area contributed by atoms with E-state index in [4.69, 9.17) is 0 Å². The van der Waals surface area contributed by atoms with Crippen LogP contribution in [0.3, 0.4) is 0 Å². The van der Waals surface area contributed by atoms with E-state index >= 15 is 0 Å². The second-order valence-corrected chi connectivity index (χ2v) is 6.83.